The number of carbonyl (C=O) groups is 1. The van der Waals surface area contributed by atoms with Crippen molar-refractivity contribution in [3.05, 3.63) is 89.9 Å². The SMILES string of the molecule is O=C(NCc1cccnc1-n1cnc2ccccc21)[C@H]1CCc2ccccc21. The second kappa shape index (κ2) is 6.93. The van der Waals surface area contributed by atoms with Crippen LogP contribution in [-0.2, 0) is 17.8 Å². The standard InChI is InChI=1S/C23H20N4O/c28-23(19-12-11-16-6-1-2-8-18(16)19)25-14-17-7-5-13-24-22(17)27-15-26-20-9-3-4-10-21(20)27/h1-10,13,15,19H,11-12,14H2,(H,25,28)/t19-/m0/s1. The van der Waals surface area contributed by atoms with E-state index in [4.69, 9.17) is 0 Å². The lowest BCUT2D eigenvalue weighted by Crippen LogP contribution is -2.28. The van der Waals surface area contributed by atoms with Crippen molar-refractivity contribution in [2.75, 3.05) is 0 Å². The molecule has 4 aromatic rings. The minimum Gasteiger partial charge on any atom is -0.351 e. The average Bonchev–Trinajstić information content (AvgIpc) is 3.37. The molecule has 1 aliphatic carbocycles. The molecule has 0 spiro atoms. The maximum atomic E-state index is 12.8. The largest absolute Gasteiger partial charge is 0.351 e. The number of nitrogens with zero attached hydrogens (tertiary/aromatic N) is 3. The quantitative estimate of drug-likeness (QED) is 0.597. The number of rotatable bonds is 4. The number of hydrogen-bond donors (Lipinski definition) is 1. The topological polar surface area (TPSA) is 59.8 Å². The number of hydrogen-bond acceptors (Lipinski definition) is 3. The molecule has 0 saturated heterocycles. The molecule has 138 valence electrons. The zero-order valence-electron chi connectivity index (χ0n) is 15.4. The summed E-state index contributed by atoms with van der Waals surface area (Å²) in [7, 11) is 0. The predicted molar refractivity (Wildman–Crippen MR) is 108 cm³/mol. The zero-order valence-corrected chi connectivity index (χ0v) is 15.4. The summed E-state index contributed by atoms with van der Waals surface area (Å²) in [6, 6.07) is 20.1. The van der Waals surface area contributed by atoms with Crippen molar-refractivity contribution >= 4 is 16.9 Å². The fourth-order valence-electron chi connectivity index (χ4n) is 4.05. The van der Waals surface area contributed by atoms with Gasteiger partial charge in [-0.05, 0) is 42.2 Å². The van der Waals surface area contributed by atoms with Crippen LogP contribution >= 0.6 is 0 Å². The van der Waals surface area contributed by atoms with E-state index >= 15 is 0 Å². The van der Waals surface area contributed by atoms with Crippen LogP contribution in [-0.4, -0.2) is 20.4 Å². The van der Waals surface area contributed by atoms with Crippen LogP contribution in [0.15, 0.2) is 73.2 Å². The highest BCUT2D eigenvalue weighted by Crippen LogP contribution is 2.33. The van der Waals surface area contributed by atoms with E-state index in [0.717, 1.165) is 40.8 Å². The van der Waals surface area contributed by atoms with Gasteiger partial charge in [-0.25, -0.2) is 9.97 Å². The van der Waals surface area contributed by atoms with E-state index in [9.17, 15) is 4.79 Å². The Morgan fingerprint density at radius 3 is 2.86 bits per heavy atom. The van der Waals surface area contributed by atoms with Gasteiger partial charge < -0.3 is 5.32 Å². The van der Waals surface area contributed by atoms with Crippen LogP contribution in [0.3, 0.4) is 0 Å². The van der Waals surface area contributed by atoms with Crippen molar-refractivity contribution in [1.29, 1.82) is 0 Å². The molecule has 5 heteroatoms. The first kappa shape index (κ1) is 16.7. The van der Waals surface area contributed by atoms with Crippen molar-refractivity contribution in [3.8, 4) is 5.82 Å². The van der Waals surface area contributed by atoms with Crippen molar-refractivity contribution in [2.24, 2.45) is 0 Å². The molecule has 1 atom stereocenters. The molecule has 1 amide bonds. The fourth-order valence-corrected chi connectivity index (χ4v) is 4.05. The lowest BCUT2D eigenvalue weighted by atomic mass is 10.0. The molecule has 0 saturated carbocycles. The second-order valence-corrected chi connectivity index (χ2v) is 7.10. The van der Waals surface area contributed by atoms with Gasteiger partial charge in [0.05, 0.1) is 17.0 Å². The molecule has 28 heavy (non-hydrogen) atoms. The molecule has 0 fully saturated rings. The first-order valence-electron chi connectivity index (χ1n) is 9.53. The molecular weight excluding hydrogens is 348 g/mol. The van der Waals surface area contributed by atoms with E-state index in [2.05, 4.69) is 27.4 Å². The summed E-state index contributed by atoms with van der Waals surface area (Å²) in [5.41, 5.74) is 5.33. The maximum absolute atomic E-state index is 12.8. The van der Waals surface area contributed by atoms with Gasteiger partial charge in [0, 0.05) is 18.3 Å². The van der Waals surface area contributed by atoms with E-state index in [1.54, 1.807) is 12.5 Å². The van der Waals surface area contributed by atoms with Crippen molar-refractivity contribution in [2.45, 2.75) is 25.3 Å². The van der Waals surface area contributed by atoms with E-state index in [-0.39, 0.29) is 11.8 Å². The summed E-state index contributed by atoms with van der Waals surface area (Å²) in [5, 5.41) is 3.12. The molecule has 5 rings (SSSR count). The zero-order chi connectivity index (χ0) is 18.9. The fraction of sp³-hybridized carbons (Fsp3) is 0.174. The third-order valence-corrected chi connectivity index (χ3v) is 5.45. The summed E-state index contributed by atoms with van der Waals surface area (Å²) in [6.07, 6.45) is 5.39. The third kappa shape index (κ3) is 2.85. The molecule has 0 bridgehead atoms. The first-order chi connectivity index (χ1) is 13.8. The highest BCUT2D eigenvalue weighted by Gasteiger charge is 2.28. The van der Waals surface area contributed by atoms with Gasteiger partial charge in [-0.1, -0.05) is 42.5 Å². The average molecular weight is 368 g/mol. The lowest BCUT2D eigenvalue weighted by molar-refractivity contribution is -0.122. The van der Waals surface area contributed by atoms with Crippen LogP contribution in [0.4, 0.5) is 0 Å². The summed E-state index contributed by atoms with van der Waals surface area (Å²) >= 11 is 0. The number of nitrogens with one attached hydrogen (secondary N) is 1. The van der Waals surface area contributed by atoms with Gasteiger partial charge in [-0.3, -0.25) is 9.36 Å². The number of carbonyl (C=O) groups excluding carboxylic acids is 1. The number of benzene rings is 2. The number of pyridine rings is 1. The summed E-state index contributed by atoms with van der Waals surface area (Å²) in [5.74, 6) is 0.809. The van der Waals surface area contributed by atoms with Gasteiger partial charge >= 0.3 is 0 Å². The smallest absolute Gasteiger partial charge is 0.227 e. The Balaban J connectivity index is 1.39. The number of aromatic nitrogens is 3. The van der Waals surface area contributed by atoms with Crippen LogP contribution in [0.25, 0.3) is 16.9 Å². The lowest BCUT2D eigenvalue weighted by Gasteiger charge is -2.14. The van der Waals surface area contributed by atoms with Crippen LogP contribution in [0.1, 0.15) is 29.0 Å². The summed E-state index contributed by atoms with van der Waals surface area (Å²) < 4.78 is 1.97. The van der Waals surface area contributed by atoms with Crippen LogP contribution in [0, 0.1) is 0 Å². The highest BCUT2D eigenvalue weighted by molar-refractivity contribution is 5.85. The molecular formula is C23H20N4O. The summed E-state index contributed by atoms with van der Waals surface area (Å²) in [4.78, 5) is 21.9. The Kier molecular flexibility index (Phi) is 4.13. The molecule has 0 unspecified atom stereocenters. The molecule has 2 aromatic heterocycles. The predicted octanol–water partition coefficient (Wildman–Crippen LogP) is 3.77. The van der Waals surface area contributed by atoms with Crippen molar-refractivity contribution in [3.63, 3.8) is 0 Å². The molecule has 2 aromatic carbocycles. The molecule has 0 aliphatic heterocycles. The number of imidazole rings is 1. The molecule has 1 N–H and O–H groups in total. The number of aryl methyl sites for hydroxylation is 1. The molecule has 0 radical (unpaired) electrons. The van der Waals surface area contributed by atoms with Gasteiger partial charge in [0.15, 0.2) is 0 Å². The maximum Gasteiger partial charge on any atom is 0.227 e. The van der Waals surface area contributed by atoms with Crippen LogP contribution in [0.2, 0.25) is 0 Å². The van der Waals surface area contributed by atoms with E-state index < -0.39 is 0 Å². The normalized spacial score (nSPS) is 15.5. The first-order valence-corrected chi connectivity index (χ1v) is 9.53. The van der Waals surface area contributed by atoms with Gasteiger partial charge in [0.2, 0.25) is 5.91 Å². The van der Waals surface area contributed by atoms with Crippen molar-refractivity contribution in [1.82, 2.24) is 19.9 Å². The Morgan fingerprint density at radius 1 is 1.04 bits per heavy atom. The molecule has 1 aliphatic rings. The van der Waals surface area contributed by atoms with E-state index in [1.165, 1.54) is 5.56 Å². The van der Waals surface area contributed by atoms with E-state index in [1.807, 2.05) is 53.1 Å². The Morgan fingerprint density at radius 2 is 1.89 bits per heavy atom. The van der Waals surface area contributed by atoms with Gasteiger partial charge in [-0.2, -0.15) is 0 Å². The second-order valence-electron chi connectivity index (χ2n) is 7.10. The molecule has 5 nitrogen and oxygen atoms in total. The Hall–Kier alpha value is -3.47. The third-order valence-electron chi connectivity index (χ3n) is 5.45. The Labute approximate surface area is 163 Å². The number of amides is 1. The summed E-state index contributed by atoms with van der Waals surface area (Å²) in [6.45, 7) is 0.438. The van der Waals surface area contributed by atoms with Gasteiger partial charge in [0.1, 0.15) is 12.1 Å². The van der Waals surface area contributed by atoms with Gasteiger partial charge in [0.25, 0.3) is 0 Å². The van der Waals surface area contributed by atoms with Crippen LogP contribution < -0.4 is 5.32 Å². The minimum absolute atomic E-state index is 0.0644. The number of para-hydroxylation sites is 2. The highest BCUT2D eigenvalue weighted by atomic mass is 16.1. The Bertz CT molecular complexity index is 1160. The molecule has 2 heterocycles. The monoisotopic (exact) mass is 368 g/mol. The van der Waals surface area contributed by atoms with E-state index in [0.29, 0.717) is 6.54 Å². The van der Waals surface area contributed by atoms with Crippen molar-refractivity contribution < 1.29 is 4.79 Å². The van der Waals surface area contributed by atoms with Gasteiger partial charge in [-0.15, -0.1) is 0 Å². The van der Waals surface area contributed by atoms with Crippen LogP contribution in [0.5, 0.6) is 0 Å². The number of fused-ring (bicyclic) bond motifs is 2. The minimum atomic E-state index is -0.0644.